The summed E-state index contributed by atoms with van der Waals surface area (Å²) in [6.45, 7) is -0.142. The molecule has 0 fully saturated rings. The van der Waals surface area contributed by atoms with Gasteiger partial charge in [-0.3, -0.25) is 4.79 Å². The molecule has 0 aromatic rings. The van der Waals surface area contributed by atoms with Crippen molar-refractivity contribution in [3.63, 3.8) is 0 Å². The summed E-state index contributed by atoms with van der Waals surface area (Å²) in [5.74, 6) is -7.61. The lowest BCUT2D eigenvalue weighted by molar-refractivity contribution is -0.274. The van der Waals surface area contributed by atoms with Crippen LogP contribution in [0.4, 0.5) is 22.0 Å². The topological polar surface area (TPSA) is 32.8 Å². The van der Waals surface area contributed by atoms with Crippen molar-refractivity contribution in [1.82, 2.24) is 9.80 Å². The highest BCUT2D eigenvalue weighted by atomic mass is 19.4. The van der Waals surface area contributed by atoms with Gasteiger partial charge < -0.3 is 14.5 Å². The molecule has 20 heavy (non-hydrogen) atoms. The Bertz CT molecular complexity index is 308. The first-order valence-electron chi connectivity index (χ1n) is 5.91. The van der Waals surface area contributed by atoms with Crippen LogP contribution < -0.4 is 0 Å². The van der Waals surface area contributed by atoms with E-state index < -0.39 is 18.0 Å². The maximum absolute atomic E-state index is 13.0. The van der Waals surface area contributed by atoms with Crippen LogP contribution in [-0.2, 0) is 9.53 Å². The van der Waals surface area contributed by atoms with Crippen LogP contribution in [-0.4, -0.2) is 75.3 Å². The maximum Gasteiger partial charge on any atom is 0.463 e. The number of rotatable bonds is 8. The Kier molecular flexibility index (Phi) is 7.35. The molecular formula is C11H19F5N2O2. The molecule has 0 rings (SSSR count). The number of carbonyl (C=O) groups is 1. The first-order chi connectivity index (χ1) is 9.04. The van der Waals surface area contributed by atoms with Gasteiger partial charge in [-0.25, -0.2) is 0 Å². The summed E-state index contributed by atoms with van der Waals surface area (Å²) in [4.78, 5) is 13.6. The van der Waals surface area contributed by atoms with Crippen molar-refractivity contribution in [2.45, 2.75) is 18.5 Å². The Balaban J connectivity index is 4.79. The highest BCUT2D eigenvalue weighted by Gasteiger charge is 2.64. The molecule has 0 spiro atoms. The number of ether oxygens (including phenoxy) is 1. The van der Waals surface area contributed by atoms with E-state index in [0.717, 1.165) is 0 Å². The van der Waals surface area contributed by atoms with Crippen LogP contribution in [0.5, 0.6) is 0 Å². The first-order valence-corrected chi connectivity index (χ1v) is 5.91. The van der Waals surface area contributed by atoms with Crippen molar-refractivity contribution < 1.29 is 31.5 Å². The van der Waals surface area contributed by atoms with Gasteiger partial charge in [0.15, 0.2) is 0 Å². The van der Waals surface area contributed by atoms with Crippen LogP contribution in [0.15, 0.2) is 0 Å². The summed E-state index contributed by atoms with van der Waals surface area (Å²) >= 11 is 0. The largest absolute Gasteiger partial charge is 0.463 e. The second-order valence-corrected chi connectivity index (χ2v) is 4.51. The number of alkyl halides is 5. The Morgan fingerprint density at radius 3 is 2.00 bits per heavy atom. The lowest BCUT2D eigenvalue weighted by atomic mass is 10.2. The molecular weight excluding hydrogens is 287 g/mol. The third kappa shape index (κ3) is 5.58. The molecule has 0 aromatic heterocycles. The van der Waals surface area contributed by atoms with Crippen molar-refractivity contribution in [3.05, 3.63) is 0 Å². The van der Waals surface area contributed by atoms with Crippen molar-refractivity contribution in [2.75, 3.05) is 47.4 Å². The second kappa shape index (κ2) is 7.72. The van der Waals surface area contributed by atoms with Gasteiger partial charge in [-0.2, -0.15) is 22.0 Å². The fraction of sp³-hybridized carbons (Fsp3) is 0.909. The number of hydrogen-bond donors (Lipinski definition) is 0. The van der Waals surface area contributed by atoms with Gasteiger partial charge in [0.05, 0.1) is 6.61 Å². The molecule has 9 heteroatoms. The van der Waals surface area contributed by atoms with Gasteiger partial charge in [-0.15, -0.1) is 0 Å². The molecule has 0 atom stereocenters. The molecule has 0 heterocycles. The summed E-state index contributed by atoms with van der Waals surface area (Å²) < 4.78 is 67.2. The number of hydrogen-bond acceptors (Lipinski definition) is 3. The van der Waals surface area contributed by atoms with Crippen molar-refractivity contribution >= 4 is 5.91 Å². The molecule has 0 N–H and O–H groups in total. The van der Waals surface area contributed by atoms with E-state index in [-0.39, 0.29) is 26.1 Å². The molecule has 0 aromatic carbocycles. The van der Waals surface area contributed by atoms with Gasteiger partial charge in [0.25, 0.3) is 0 Å². The molecule has 120 valence electrons. The smallest absolute Gasteiger partial charge is 0.383 e. The quantitative estimate of drug-likeness (QED) is 0.639. The molecule has 0 aliphatic carbocycles. The molecule has 0 aliphatic heterocycles. The summed E-state index contributed by atoms with van der Waals surface area (Å²) in [7, 11) is 4.72. The zero-order valence-corrected chi connectivity index (χ0v) is 11.6. The predicted octanol–water partition coefficient (Wildman–Crippen LogP) is 1.61. The molecule has 0 aliphatic rings. The van der Waals surface area contributed by atoms with E-state index in [4.69, 9.17) is 0 Å². The number of carbonyl (C=O) groups excluding carboxylic acids is 1. The average molecular weight is 306 g/mol. The molecule has 1 amide bonds. The minimum Gasteiger partial charge on any atom is -0.383 e. The van der Waals surface area contributed by atoms with Crippen LogP contribution in [0.2, 0.25) is 0 Å². The Morgan fingerprint density at radius 1 is 1.05 bits per heavy atom. The molecule has 0 radical (unpaired) electrons. The van der Waals surface area contributed by atoms with Crippen LogP contribution in [0.3, 0.4) is 0 Å². The third-order valence-corrected chi connectivity index (χ3v) is 2.51. The molecule has 4 nitrogen and oxygen atoms in total. The molecule has 0 bridgehead atoms. The Labute approximate surface area is 114 Å². The summed E-state index contributed by atoms with van der Waals surface area (Å²) in [6, 6.07) is 0. The minimum atomic E-state index is -5.89. The van der Waals surface area contributed by atoms with Crippen LogP contribution >= 0.6 is 0 Å². The number of amides is 1. The number of halogens is 5. The standard InChI is InChI=1S/C11H19F5N2O2/c1-17(2)5-4-6-18(7-8-20-3)9(19)10(12,13)11(14,15)16/h4-8H2,1-3H3. The van der Waals surface area contributed by atoms with Crippen LogP contribution in [0.1, 0.15) is 6.42 Å². The van der Waals surface area contributed by atoms with E-state index in [0.29, 0.717) is 11.4 Å². The lowest BCUT2D eigenvalue weighted by Gasteiger charge is -2.28. The zero-order valence-electron chi connectivity index (χ0n) is 11.6. The average Bonchev–Trinajstić information content (AvgIpc) is 2.30. The second-order valence-electron chi connectivity index (χ2n) is 4.51. The first kappa shape index (κ1) is 19.0. The summed E-state index contributed by atoms with van der Waals surface area (Å²) in [5, 5.41) is 0. The summed E-state index contributed by atoms with van der Waals surface area (Å²) in [6.07, 6.45) is -5.60. The van der Waals surface area contributed by atoms with Crippen molar-refractivity contribution in [1.29, 1.82) is 0 Å². The minimum absolute atomic E-state index is 0.109. The van der Waals surface area contributed by atoms with E-state index in [9.17, 15) is 26.7 Å². The normalized spacial score (nSPS) is 12.8. The van der Waals surface area contributed by atoms with E-state index in [1.54, 1.807) is 19.0 Å². The highest BCUT2D eigenvalue weighted by Crippen LogP contribution is 2.36. The molecule has 0 saturated heterocycles. The van der Waals surface area contributed by atoms with E-state index in [1.807, 2.05) is 0 Å². The van der Waals surface area contributed by atoms with E-state index in [2.05, 4.69) is 4.74 Å². The van der Waals surface area contributed by atoms with Gasteiger partial charge in [0.1, 0.15) is 0 Å². The van der Waals surface area contributed by atoms with Crippen LogP contribution in [0, 0.1) is 0 Å². The van der Waals surface area contributed by atoms with Gasteiger partial charge >= 0.3 is 18.0 Å². The zero-order chi connectivity index (χ0) is 16.0. The number of methoxy groups -OCH3 is 1. The lowest BCUT2D eigenvalue weighted by Crippen LogP contribution is -2.53. The molecule has 0 unspecified atom stereocenters. The highest BCUT2D eigenvalue weighted by molar-refractivity contribution is 5.84. The van der Waals surface area contributed by atoms with Gasteiger partial charge in [0.2, 0.25) is 0 Å². The number of nitrogens with zero attached hydrogens (tertiary/aromatic N) is 2. The van der Waals surface area contributed by atoms with Crippen molar-refractivity contribution in [3.8, 4) is 0 Å². The Morgan fingerprint density at radius 2 is 1.60 bits per heavy atom. The van der Waals surface area contributed by atoms with E-state index in [1.165, 1.54) is 7.11 Å². The SMILES string of the molecule is COCCN(CCCN(C)C)C(=O)C(F)(F)C(F)(F)F. The monoisotopic (exact) mass is 306 g/mol. The Hall–Kier alpha value is -0.960. The van der Waals surface area contributed by atoms with Gasteiger partial charge in [-0.1, -0.05) is 0 Å². The van der Waals surface area contributed by atoms with E-state index >= 15 is 0 Å². The fourth-order valence-corrected chi connectivity index (χ4v) is 1.41. The third-order valence-electron chi connectivity index (χ3n) is 2.51. The van der Waals surface area contributed by atoms with Crippen LogP contribution in [0.25, 0.3) is 0 Å². The van der Waals surface area contributed by atoms with Gasteiger partial charge in [-0.05, 0) is 27.1 Å². The van der Waals surface area contributed by atoms with Gasteiger partial charge in [0, 0.05) is 20.2 Å². The van der Waals surface area contributed by atoms with Crippen molar-refractivity contribution in [2.24, 2.45) is 0 Å². The fourth-order valence-electron chi connectivity index (χ4n) is 1.41. The summed E-state index contributed by atoms with van der Waals surface area (Å²) in [5.41, 5.74) is 0. The predicted molar refractivity (Wildman–Crippen MR) is 62.6 cm³/mol. The molecule has 0 saturated carbocycles. The maximum atomic E-state index is 13.0.